The van der Waals surface area contributed by atoms with Gasteiger partial charge in [0.2, 0.25) is 0 Å². The molecule has 0 aromatic rings. The minimum Gasteiger partial charge on any atom is -0.459 e. The lowest BCUT2D eigenvalue weighted by Gasteiger charge is -2.24. The number of rotatable bonds is 13. The van der Waals surface area contributed by atoms with Crippen molar-refractivity contribution < 1.29 is 28.9 Å². The maximum Gasteiger partial charge on any atom is 0.309 e. The van der Waals surface area contributed by atoms with Gasteiger partial charge in [0, 0.05) is 0 Å². The van der Waals surface area contributed by atoms with Crippen molar-refractivity contribution in [2.45, 2.75) is 40.5 Å². The number of hydrogen-bond donors (Lipinski definition) is 2. The smallest absolute Gasteiger partial charge is 0.309 e. The summed E-state index contributed by atoms with van der Waals surface area (Å²) in [5.74, 6) is -0.257. The van der Waals surface area contributed by atoms with Gasteiger partial charge in [-0.2, -0.15) is 0 Å². The summed E-state index contributed by atoms with van der Waals surface area (Å²) >= 11 is 0. The fourth-order valence-electron chi connectivity index (χ4n) is 2.73. The van der Waals surface area contributed by atoms with E-state index in [1.165, 1.54) is 9.80 Å². The Morgan fingerprint density at radius 2 is 1.00 bits per heavy atom. The molecule has 0 heterocycles. The predicted octanol–water partition coefficient (Wildman–Crippen LogP) is -0.314. The van der Waals surface area contributed by atoms with Crippen molar-refractivity contribution in [2.75, 3.05) is 54.5 Å². The van der Waals surface area contributed by atoms with Crippen LogP contribution >= 0.6 is 0 Å². The van der Waals surface area contributed by atoms with Crippen LogP contribution in [0.1, 0.15) is 40.5 Å². The third-order valence-electron chi connectivity index (χ3n) is 4.70. The standard InChI is InChI=1S/C20H40N2O4/c1-15(2)17(19(23)25-13-11-21(5)6)9-10-18(16(3)4)20(24)26-14-12-22(7)8/h15-18H,9-14H2,1-8H3/p+2. The molecule has 6 nitrogen and oxygen atoms in total. The topological polar surface area (TPSA) is 61.5 Å². The highest BCUT2D eigenvalue weighted by Crippen LogP contribution is 2.26. The monoisotopic (exact) mass is 374 g/mol. The van der Waals surface area contributed by atoms with Gasteiger partial charge in [-0.15, -0.1) is 0 Å². The Labute approximate surface area is 160 Å². The van der Waals surface area contributed by atoms with E-state index in [-0.39, 0.29) is 35.6 Å². The second-order valence-corrected chi connectivity index (χ2v) is 8.53. The van der Waals surface area contributed by atoms with Crippen molar-refractivity contribution in [3.63, 3.8) is 0 Å². The fourth-order valence-corrected chi connectivity index (χ4v) is 2.73. The molecular weight excluding hydrogens is 332 g/mol. The van der Waals surface area contributed by atoms with Gasteiger partial charge >= 0.3 is 11.9 Å². The molecule has 0 rings (SSSR count). The molecule has 26 heavy (non-hydrogen) atoms. The van der Waals surface area contributed by atoms with Crippen molar-refractivity contribution in [1.29, 1.82) is 0 Å². The van der Waals surface area contributed by atoms with Crippen LogP contribution in [0.3, 0.4) is 0 Å². The predicted molar refractivity (Wildman–Crippen MR) is 103 cm³/mol. The van der Waals surface area contributed by atoms with E-state index >= 15 is 0 Å². The van der Waals surface area contributed by atoms with Gasteiger partial charge in [0.15, 0.2) is 0 Å². The van der Waals surface area contributed by atoms with Gasteiger partial charge in [-0.1, -0.05) is 27.7 Å². The Morgan fingerprint density at radius 3 is 1.23 bits per heavy atom. The molecule has 154 valence electrons. The lowest BCUT2D eigenvalue weighted by molar-refractivity contribution is -0.858. The molecule has 0 aliphatic carbocycles. The maximum absolute atomic E-state index is 12.4. The molecule has 0 saturated carbocycles. The maximum atomic E-state index is 12.4. The highest BCUT2D eigenvalue weighted by atomic mass is 16.5. The van der Waals surface area contributed by atoms with Crippen LogP contribution in [0.4, 0.5) is 0 Å². The summed E-state index contributed by atoms with van der Waals surface area (Å²) in [4.78, 5) is 27.3. The van der Waals surface area contributed by atoms with Crippen LogP contribution in [0, 0.1) is 23.7 Å². The van der Waals surface area contributed by atoms with E-state index in [0.29, 0.717) is 26.1 Å². The zero-order valence-electron chi connectivity index (χ0n) is 18.2. The molecule has 2 atom stereocenters. The van der Waals surface area contributed by atoms with E-state index < -0.39 is 0 Å². The number of carbonyl (C=O) groups is 2. The molecule has 0 aliphatic heterocycles. The van der Waals surface area contributed by atoms with E-state index in [9.17, 15) is 9.59 Å². The summed E-state index contributed by atoms with van der Waals surface area (Å²) in [6.45, 7) is 10.6. The normalized spacial score (nSPS) is 14.2. The largest absolute Gasteiger partial charge is 0.459 e. The van der Waals surface area contributed by atoms with Crippen molar-refractivity contribution in [3.05, 3.63) is 0 Å². The first-order valence-corrected chi connectivity index (χ1v) is 9.97. The van der Waals surface area contributed by atoms with E-state index in [4.69, 9.17) is 9.47 Å². The second kappa shape index (κ2) is 13.1. The third kappa shape index (κ3) is 10.8. The van der Waals surface area contributed by atoms with Crippen molar-refractivity contribution in [2.24, 2.45) is 23.7 Å². The number of nitrogens with one attached hydrogen (secondary N) is 2. The van der Waals surface area contributed by atoms with Crippen LogP contribution in [-0.2, 0) is 19.1 Å². The molecule has 0 spiro atoms. The number of carbonyl (C=O) groups excluding carboxylic acids is 2. The summed E-state index contributed by atoms with van der Waals surface area (Å²) in [7, 11) is 8.13. The van der Waals surface area contributed by atoms with Crippen LogP contribution in [0.5, 0.6) is 0 Å². The Hall–Kier alpha value is -1.14. The summed E-state index contributed by atoms with van der Waals surface area (Å²) in [6, 6.07) is 0. The zero-order chi connectivity index (χ0) is 20.3. The minimum atomic E-state index is -0.174. The van der Waals surface area contributed by atoms with Gasteiger partial charge in [0.1, 0.15) is 26.3 Å². The van der Waals surface area contributed by atoms with Crippen LogP contribution in [-0.4, -0.2) is 66.4 Å². The Bertz CT molecular complexity index is 371. The number of hydrogen-bond acceptors (Lipinski definition) is 4. The van der Waals surface area contributed by atoms with Gasteiger partial charge in [0.25, 0.3) is 0 Å². The summed E-state index contributed by atoms with van der Waals surface area (Å²) in [5.41, 5.74) is 0. The fraction of sp³-hybridized carbons (Fsp3) is 0.900. The molecule has 0 aromatic carbocycles. The number of likely N-dealkylation sites (N-methyl/N-ethyl adjacent to an activating group) is 2. The number of esters is 2. The molecule has 6 heteroatoms. The second-order valence-electron chi connectivity index (χ2n) is 8.53. The highest BCUT2D eigenvalue weighted by Gasteiger charge is 2.29. The molecule has 0 aliphatic rings. The lowest BCUT2D eigenvalue weighted by Crippen LogP contribution is -3.06. The van der Waals surface area contributed by atoms with E-state index in [1.54, 1.807) is 0 Å². The Balaban J connectivity index is 4.63. The average Bonchev–Trinajstić information content (AvgIpc) is 2.49. The van der Waals surface area contributed by atoms with Gasteiger partial charge in [-0.05, 0) is 24.7 Å². The highest BCUT2D eigenvalue weighted by molar-refractivity contribution is 5.74. The summed E-state index contributed by atoms with van der Waals surface area (Å²) in [5, 5.41) is 0. The van der Waals surface area contributed by atoms with Crippen molar-refractivity contribution >= 4 is 11.9 Å². The van der Waals surface area contributed by atoms with Crippen LogP contribution in [0.15, 0.2) is 0 Å². The van der Waals surface area contributed by atoms with Gasteiger partial charge < -0.3 is 19.3 Å². The van der Waals surface area contributed by atoms with Gasteiger partial charge in [0.05, 0.1) is 40.0 Å². The van der Waals surface area contributed by atoms with Crippen LogP contribution in [0.2, 0.25) is 0 Å². The van der Waals surface area contributed by atoms with Gasteiger partial charge in [-0.25, -0.2) is 0 Å². The molecule has 0 radical (unpaired) electrons. The number of ether oxygens (including phenoxy) is 2. The molecule has 0 saturated heterocycles. The lowest BCUT2D eigenvalue weighted by atomic mass is 9.84. The minimum absolute atomic E-state index is 0.145. The van der Waals surface area contributed by atoms with Crippen molar-refractivity contribution in [1.82, 2.24) is 0 Å². The van der Waals surface area contributed by atoms with E-state index in [2.05, 4.69) is 0 Å². The first kappa shape index (κ1) is 24.9. The van der Waals surface area contributed by atoms with Crippen molar-refractivity contribution in [3.8, 4) is 0 Å². The molecule has 0 amide bonds. The molecule has 0 aromatic heterocycles. The first-order chi connectivity index (χ1) is 12.1. The first-order valence-electron chi connectivity index (χ1n) is 9.97. The SMILES string of the molecule is CC(C)C(CCC(C(=O)OCC[NH+](C)C)C(C)C)C(=O)OCC[NH+](C)C. The summed E-state index contributed by atoms with van der Waals surface area (Å²) in [6.07, 6.45) is 1.31. The molecule has 0 bridgehead atoms. The quantitative estimate of drug-likeness (QED) is 0.434. The Morgan fingerprint density at radius 1 is 0.692 bits per heavy atom. The molecule has 0 fully saturated rings. The van der Waals surface area contributed by atoms with Gasteiger partial charge in [-0.3, -0.25) is 9.59 Å². The van der Waals surface area contributed by atoms with E-state index in [1.807, 2.05) is 55.9 Å². The van der Waals surface area contributed by atoms with Crippen LogP contribution in [0.25, 0.3) is 0 Å². The third-order valence-corrected chi connectivity index (χ3v) is 4.70. The molecular formula is C20H42N2O4+2. The zero-order valence-corrected chi connectivity index (χ0v) is 18.2. The summed E-state index contributed by atoms with van der Waals surface area (Å²) < 4.78 is 10.9. The number of quaternary nitrogens is 2. The van der Waals surface area contributed by atoms with E-state index in [0.717, 1.165) is 13.1 Å². The molecule has 2 unspecified atom stereocenters. The Kier molecular flexibility index (Phi) is 12.5. The molecule has 2 N–H and O–H groups in total. The average molecular weight is 375 g/mol. The van der Waals surface area contributed by atoms with Crippen LogP contribution < -0.4 is 9.80 Å².